The third-order valence-corrected chi connectivity index (χ3v) is 6.41. The van der Waals surface area contributed by atoms with E-state index in [0.717, 1.165) is 0 Å². The molecule has 9 heteroatoms. The van der Waals surface area contributed by atoms with E-state index in [1.807, 2.05) is 13.8 Å². The zero-order valence-corrected chi connectivity index (χ0v) is 17.5. The summed E-state index contributed by atoms with van der Waals surface area (Å²) in [5, 5.41) is 5.43. The maximum absolute atomic E-state index is 12.6. The van der Waals surface area contributed by atoms with E-state index in [4.69, 9.17) is 0 Å². The number of sulfonamides is 1. The molecule has 8 nitrogen and oxygen atoms in total. The molecule has 2 aromatic rings. The van der Waals surface area contributed by atoms with Crippen LogP contribution in [0.4, 0.5) is 5.69 Å². The van der Waals surface area contributed by atoms with E-state index >= 15 is 0 Å². The Morgan fingerprint density at radius 3 is 2.40 bits per heavy atom. The molecule has 3 amide bonds. The van der Waals surface area contributed by atoms with Crippen molar-refractivity contribution in [3.8, 4) is 0 Å². The van der Waals surface area contributed by atoms with Crippen molar-refractivity contribution in [3.05, 3.63) is 59.7 Å². The topological polar surface area (TPSA) is 113 Å². The summed E-state index contributed by atoms with van der Waals surface area (Å²) in [4.78, 5) is 37.2. The highest BCUT2D eigenvalue weighted by atomic mass is 32.2. The molecule has 30 heavy (non-hydrogen) atoms. The van der Waals surface area contributed by atoms with Crippen LogP contribution in [-0.4, -0.2) is 43.5 Å². The minimum Gasteiger partial charge on any atom is -0.352 e. The van der Waals surface area contributed by atoms with Gasteiger partial charge in [-0.3, -0.25) is 14.4 Å². The lowest BCUT2D eigenvalue weighted by Gasteiger charge is -2.16. The summed E-state index contributed by atoms with van der Waals surface area (Å²) in [5.41, 5.74) is 0.733. The zero-order chi connectivity index (χ0) is 21.9. The van der Waals surface area contributed by atoms with Crippen LogP contribution in [0.3, 0.4) is 0 Å². The summed E-state index contributed by atoms with van der Waals surface area (Å²) in [7, 11) is -3.96. The van der Waals surface area contributed by atoms with E-state index in [1.165, 1.54) is 12.1 Å². The number of anilines is 1. The first-order valence-electron chi connectivity index (χ1n) is 9.55. The number of nitrogens with one attached hydrogen (secondary N) is 2. The highest BCUT2D eigenvalue weighted by molar-refractivity contribution is 7.90. The fraction of sp³-hybridized carbons (Fsp3) is 0.286. The summed E-state index contributed by atoms with van der Waals surface area (Å²) >= 11 is 0. The van der Waals surface area contributed by atoms with E-state index in [0.29, 0.717) is 22.1 Å². The number of hydrogen-bond donors (Lipinski definition) is 2. The molecule has 2 aromatic carbocycles. The van der Waals surface area contributed by atoms with Gasteiger partial charge < -0.3 is 10.6 Å². The van der Waals surface area contributed by atoms with Crippen molar-refractivity contribution in [2.75, 3.05) is 18.4 Å². The Bertz CT molecular complexity index is 1100. The van der Waals surface area contributed by atoms with E-state index < -0.39 is 21.8 Å². The van der Waals surface area contributed by atoms with Gasteiger partial charge in [-0.15, -0.1) is 0 Å². The van der Waals surface area contributed by atoms with Gasteiger partial charge in [-0.05, 0) is 30.2 Å². The molecule has 0 radical (unpaired) electrons. The molecule has 1 aliphatic rings. The molecule has 0 saturated heterocycles. The molecule has 0 atom stereocenters. The molecule has 0 unspecified atom stereocenters. The Hall–Kier alpha value is -3.20. The number of carbonyl (C=O) groups is 3. The largest absolute Gasteiger partial charge is 0.352 e. The number of carbonyl (C=O) groups excluding carboxylic acids is 3. The van der Waals surface area contributed by atoms with Crippen LogP contribution >= 0.6 is 0 Å². The normalized spacial score (nSPS) is 14.5. The van der Waals surface area contributed by atoms with Crippen LogP contribution in [0.25, 0.3) is 0 Å². The van der Waals surface area contributed by atoms with Gasteiger partial charge in [0.1, 0.15) is 4.90 Å². The minimum atomic E-state index is -3.96. The number of benzene rings is 2. The molecule has 0 aromatic heterocycles. The lowest BCUT2D eigenvalue weighted by molar-refractivity contribution is -0.116. The lowest BCUT2D eigenvalue weighted by Crippen LogP contribution is -2.33. The van der Waals surface area contributed by atoms with Gasteiger partial charge in [0.25, 0.3) is 21.8 Å². The van der Waals surface area contributed by atoms with Crippen molar-refractivity contribution in [1.82, 2.24) is 9.62 Å². The predicted molar refractivity (Wildman–Crippen MR) is 112 cm³/mol. The smallest absolute Gasteiger partial charge is 0.269 e. The molecule has 3 rings (SSSR count). The maximum Gasteiger partial charge on any atom is 0.269 e. The van der Waals surface area contributed by atoms with Gasteiger partial charge >= 0.3 is 0 Å². The van der Waals surface area contributed by atoms with Crippen LogP contribution in [0.2, 0.25) is 0 Å². The first-order chi connectivity index (χ1) is 14.2. The van der Waals surface area contributed by atoms with Crippen molar-refractivity contribution >= 4 is 33.4 Å². The average Bonchev–Trinajstić information content (AvgIpc) is 2.91. The fourth-order valence-corrected chi connectivity index (χ4v) is 4.62. The second-order valence-electron chi connectivity index (χ2n) is 7.33. The van der Waals surface area contributed by atoms with Crippen molar-refractivity contribution in [2.45, 2.75) is 25.2 Å². The summed E-state index contributed by atoms with van der Waals surface area (Å²) in [5.74, 6) is -1.18. The molecule has 2 N–H and O–H groups in total. The van der Waals surface area contributed by atoms with Gasteiger partial charge in [-0.1, -0.05) is 38.1 Å². The van der Waals surface area contributed by atoms with Crippen LogP contribution in [-0.2, 0) is 14.8 Å². The number of fused-ring (bicyclic) bond motifs is 1. The van der Waals surface area contributed by atoms with Crippen LogP contribution < -0.4 is 10.6 Å². The van der Waals surface area contributed by atoms with Gasteiger partial charge in [-0.25, -0.2) is 12.7 Å². The Morgan fingerprint density at radius 2 is 1.70 bits per heavy atom. The molecule has 0 saturated carbocycles. The molecule has 0 spiro atoms. The molecular weight excluding hydrogens is 406 g/mol. The van der Waals surface area contributed by atoms with E-state index in [2.05, 4.69) is 10.6 Å². The predicted octanol–water partition coefficient (Wildman–Crippen LogP) is 2.25. The third-order valence-electron chi connectivity index (χ3n) is 4.57. The first kappa shape index (κ1) is 21.5. The summed E-state index contributed by atoms with van der Waals surface area (Å²) in [6.45, 7) is 4.15. The summed E-state index contributed by atoms with van der Waals surface area (Å²) < 4.78 is 25.8. The molecule has 0 fully saturated rings. The highest BCUT2D eigenvalue weighted by Crippen LogP contribution is 2.30. The molecule has 0 aliphatic carbocycles. The second-order valence-corrected chi connectivity index (χ2v) is 9.16. The molecule has 1 aliphatic heterocycles. The van der Waals surface area contributed by atoms with Gasteiger partial charge in [0.2, 0.25) is 5.91 Å². The van der Waals surface area contributed by atoms with Crippen molar-refractivity contribution in [1.29, 1.82) is 0 Å². The van der Waals surface area contributed by atoms with Crippen molar-refractivity contribution in [3.63, 3.8) is 0 Å². The quantitative estimate of drug-likeness (QED) is 0.701. The van der Waals surface area contributed by atoms with Crippen molar-refractivity contribution < 1.29 is 22.8 Å². The number of para-hydroxylation sites is 1. The average molecular weight is 429 g/mol. The van der Waals surface area contributed by atoms with Gasteiger partial charge in [-0.2, -0.15) is 0 Å². The Labute approximate surface area is 175 Å². The van der Waals surface area contributed by atoms with E-state index in [-0.39, 0.29) is 35.2 Å². The number of hydrogen-bond acceptors (Lipinski definition) is 5. The summed E-state index contributed by atoms with van der Waals surface area (Å²) in [6.07, 6.45) is -0.235. The van der Waals surface area contributed by atoms with Crippen LogP contribution in [0.1, 0.15) is 41.0 Å². The lowest BCUT2D eigenvalue weighted by atomic mass is 10.1. The third kappa shape index (κ3) is 4.35. The standard InChI is InChI=1S/C21H23N3O5S/c1-14(2)13-22-20(26)15-7-3-5-9-17(15)23-19(25)11-12-24-21(27)16-8-4-6-10-18(16)30(24,28)29/h3-10,14H,11-13H2,1-2H3,(H,22,26)(H,23,25). The van der Waals surface area contributed by atoms with Gasteiger partial charge in [0.05, 0.1) is 16.8 Å². The Kier molecular flexibility index (Phi) is 6.21. The monoisotopic (exact) mass is 429 g/mol. The number of amides is 3. The van der Waals surface area contributed by atoms with E-state index in [9.17, 15) is 22.8 Å². The Balaban J connectivity index is 1.67. The first-order valence-corrected chi connectivity index (χ1v) is 11.0. The van der Waals surface area contributed by atoms with Gasteiger partial charge in [0, 0.05) is 19.5 Å². The van der Waals surface area contributed by atoms with Gasteiger partial charge in [0.15, 0.2) is 0 Å². The van der Waals surface area contributed by atoms with Crippen LogP contribution in [0, 0.1) is 5.92 Å². The number of nitrogens with zero attached hydrogens (tertiary/aromatic N) is 1. The van der Waals surface area contributed by atoms with Crippen LogP contribution in [0.15, 0.2) is 53.4 Å². The molecule has 1 heterocycles. The van der Waals surface area contributed by atoms with E-state index in [1.54, 1.807) is 36.4 Å². The maximum atomic E-state index is 12.6. The number of rotatable bonds is 7. The van der Waals surface area contributed by atoms with Crippen molar-refractivity contribution in [2.24, 2.45) is 5.92 Å². The Morgan fingerprint density at radius 1 is 1.03 bits per heavy atom. The van der Waals surface area contributed by atoms with Crippen LogP contribution in [0.5, 0.6) is 0 Å². The zero-order valence-electron chi connectivity index (χ0n) is 16.7. The molecule has 0 bridgehead atoms. The molecule has 158 valence electrons. The fourth-order valence-electron chi connectivity index (χ4n) is 3.05. The highest BCUT2D eigenvalue weighted by Gasteiger charge is 2.40. The summed E-state index contributed by atoms with van der Waals surface area (Å²) in [6, 6.07) is 12.5. The molecular formula is C21H23N3O5S. The SMILES string of the molecule is CC(C)CNC(=O)c1ccccc1NC(=O)CCN1C(=O)c2ccccc2S1(=O)=O. The minimum absolute atomic E-state index is 0.0532. The second kappa shape index (κ2) is 8.66.